The van der Waals surface area contributed by atoms with Crippen molar-refractivity contribution in [2.45, 2.75) is 32.6 Å². The molecule has 0 fully saturated rings. The number of nitrogens with zero attached hydrogens (tertiary/aromatic N) is 2. The zero-order valence-electron chi connectivity index (χ0n) is 14.3. The molecule has 10 heteroatoms. The van der Waals surface area contributed by atoms with Crippen molar-refractivity contribution in [2.75, 3.05) is 12.4 Å². The van der Waals surface area contributed by atoms with Gasteiger partial charge in [-0.2, -0.15) is 18.3 Å². The van der Waals surface area contributed by atoms with Crippen LogP contribution in [0.2, 0.25) is 5.02 Å². The molecule has 0 bridgehead atoms. The second kappa shape index (κ2) is 7.45. The molecular weight excluding hydrogens is 373 g/mol. The second-order valence-corrected chi connectivity index (χ2v) is 5.89. The normalized spacial score (nSPS) is 12.7. The van der Waals surface area contributed by atoms with E-state index in [-0.39, 0.29) is 22.2 Å². The molecule has 1 aromatic carbocycles. The molecule has 0 spiro atoms. The summed E-state index contributed by atoms with van der Waals surface area (Å²) < 4.78 is 44.9. The van der Waals surface area contributed by atoms with E-state index >= 15 is 0 Å². The van der Waals surface area contributed by atoms with Crippen LogP contribution in [0.1, 0.15) is 24.3 Å². The number of ether oxygens (including phenoxy) is 1. The minimum atomic E-state index is -4.38. The zero-order valence-corrected chi connectivity index (χ0v) is 15.1. The molecule has 0 aliphatic rings. The maximum Gasteiger partial charge on any atom is 0.408 e. The second-order valence-electron chi connectivity index (χ2n) is 5.51. The summed E-state index contributed by atoms with van der Waals surface area (Å²) in [5.41, 5.74) is 6.29. The highest BCUT2D eigenvalue weighted by atomic mass is 35.5. The number of primary amides is 1. The lowest BCUT2D eigenvalue weighted by molar-refractivity contribution is -0.138. The summed E-state index contributed by atoms with van der Waals surface area (Å²) in [4.78, 5) is 11.5. The van der Waals surface area contributed by atoms with Crippen LogP contribution in [0.3, 0.4) is 0 Å². The van der Waals surface area contributed by atoms with E-state index in [0.717, 1.165) is 6.92 Å². The number of anilines is 1. The fourth-order valence-corrected chi connectivity index (χ4v) is 2.72. The number of aromatic nitrogens is 2. The summed E-state index contributed by atoms with van der Waals surface area (Å²) in [5.74, 6) is -0.503. The third kappa shape index (κ3) is 3.87. The molecule has 26 heavy (non-hydrogen) atoms. The largest absolute Gasteiger partial charge is 0.496 e. The van der Waals surface area contributed by atoms with Gasteiger partial charge in [-0.3, -0.25) is 9.48 Å². The standard InChI is InChI=1S/C16H18ClF3N4O2/c1-4-24-14(12(17)13(23-24)15(21)25)10-6-5-9(7-11(10)26-3)22-8(2)16(18,19)20/h5-8,22H,4H2,1-3H3,(H2,21,25)/t8-/m1/s1. The Kier molecular flexibility index (Phi) is 5.70. The quantitative estimate of drug-likeness (QED) is 0.788. The van der Waals surface area contributed by atoms with E-state index in [1.807, 2.05) is 0 Å². The monoisotopic (exact) mass is 390 g/mol. The maximum absolute atomic E-state index is 12.7. The molecule has 1 amide bonds. The minimum absolute atomic E-state index is 0.0574. The van der Waals surface area contributed by atoms with E-state index in [1.54, 1.807) is 13.0 Å². The van der Waals surface area contributed by atoms with E-state index in [4.69, 9.17) is 22.1 Å². The molecule has 3 N–H and O–H groups in total. The predicted octanol–water partition coefficient (Wildman–Crippen LogP) is 3.69. The van der Waals surface area contributed by atoms with Crippen LogP contribution in [0.4, 0.5) is 18.9 Å². The molecule has 0 unspecified atom stereocenters. The van der Waals surface area contributed by atoms with Crippen LogP contribution in [-0.4, -0.2) is 35.0 Å². The molecule has 1 atom stereocenters. The van der Waals surface area contributed by atoms with E-state index in [9.17, 15) is 18.0 Å². The number of amides is 1. The van der Waals surface area contributed by atoms with Crippen molar-refractivity contribution in [1.82, 2.24) is 9.78 Å². The van der Waals surface area contributed by atoms with Gasteiger partial charge < -0.3 is 15.8 Å². The van der Waals surface area contributed by atoms with Crippen LogP contribution in [0.25, 0.3) is 11.3 Å². The number of rotatable bonds is 6. The molecule has 0 aliphatic heterocycles. The van der Waals surface area contributed by atoms with Gasteiger partial charge in [-0.25, -0.2) is 0 Å². The van der Waals surface area contributed by atoms with Gasteiger partial charge in [0.15, 0.2) is 5.69 Å². The van der Waals surface area contributed by atoms with Crippen molar-refractivity contribution in [2.24, 2.45) is 5.73 Å². The zero-order chi connectivity index (χ0) is 19.6. The molecule has 2 rings (SSSR count). The lowest BCUT2D eigenvalue weighted by Gasteiger charge is -2.19. The van der Waals surface area contributed by atoms with Crippen LogP contribution in [0, 0.1) is 0 Å². The summed E-state index contributed by atoms with van der Waals surface area (Å²) in [6.45, 7) is 3.21. The van der Waals surface area contributed by atoms with Gasteiger partial charge in [0.1, 0.15) is 11.8 Å². The topological polar surface area (TPSA) is 82.2 Å². The first kappa shape index (κ1) is 19.9. The Hall–Kier alpha value is -2.42. The Morgan fingerprint density at radius 1 is 1.46 bits per heavy atom. The third-order valence-corrected chi connectivity index (χ3v) is 4.12. The van der Waals surface area contributed by atoms with Gasteiger partial charge in [0.25, 0.3) is 5.91 Å². The first-order valence-corrected chi connectivity index (χ1v) is 8.05. The third-order valence-electron chi connectivity index (χ3n) is 3.76. The summed E-state index contributed by atoms with van der Waals surface area (Å²) in [6, 6.07) is 2.70. The number of hydrogen-bond acceptors (Lipinski definition) is 4. The van der Waals surface area contributed by atoms with E-state index in [1.165, 1.54) is 23.9 Å². The van der Waals surface area contributed by atoms with Gasteiger partial charge in [0.05, 0.1) is 17.8 Å². The molecule has 1 heterocycles. The van der Waals surface area contributed by atoms with Crippen LogP contribution in [0.15, 0.2) is 18.2 Å². The Balaban J connectivity index is 2.50. The van der Waals surface area contributed by atoms with Crippen molar-refractivity contribution in [1.29, 1.82) is 0 Å². The van der Waals surface area contributed by atoms with E-state index in [2.05, 4.69) is 10.4 Å². The summed E-state index contributed by atoms with van der Waals surface area (Å²) in [5, 5.41) is 6.50. The number of aryl methyl sites for hydroxylation is 1. The lowest BCUT2D eigenvalue weighted by atomic mass is 10.1. The Morgan fingerprint density at radius 2 is 2.12 bits per heavy atom. The van der Waals surface area contributed by atoms with Crippen molar-refractivity contribution in [3.8, 4) is 17.0 Å². The minimum Gasteiger partial charge on any atom is -0.496 e. The maximum atomic E-state index is 12.7. The summed E-state index contributed by atoms with van der Waals surface area (Å²) in [6.07, 6.45) is -4.38. The highest BCUT2D eigenvalue weighted by Crippen LogP contribution is 2.38. The van der Waals surface area contributed by atoms with Gasteiger partial charge >= 0.3 is 6.18 Å². The summed E-state index contributed by atoms with van der Waals surface area (Å²) in [7, 11) is 1.38. The van der Waals surface area contributed by atoms with Crippen LogP contribution in [0.5, 0.6) is 5.75 Å². The molecule has 0 radical (unpaired) electrons. The lowest BCUT2D eigenvalue weighted by Crippen LogP contribution is -2.33. The van der Waals surface area contributed by atoms with E-state index < -0.39 is 18.1 Å². The highest BCUT2D eigenvalue weighted by molar-refractivity contribution is 6.36. The van der Waals surface area contributed by atoms with Crippen molar-refractivity contribution < 1.29 is 22.7 Å². The average molecular weight is 391 g/mol. The Labute approximate surface area is 153 Å². The molecule has 0 saturated carbocycles. The van der Waals surface area contributed by atoms with Crippen molar-refractivity contribution in [3.63, 3.8) is 0 Å². The number of halogens is 4. The molecule has 0 aliphatic carbocycles. The van der Waals surface area contributed by atoms with Crippen LogP contribution >= 0.6 is 11.6 Å². The SMILES string of the molecule is CCn1nc(C(N)=O)c(Cl)c1-c1ccc(N[C@H](C)C(F)(F)F)cc1OC. The predicted molar refractivity (Wildman–Crippen MR) is 92.6 cm³/mol. The number of methoxy groups -OCH3 is 1. The molecule has 1 aromatic heterocycles. The molecule has 6 nitrogen and oxygen atoms in total. The summed E-state index contributed by atoms with van der Waals surface area (Å²) >= 11 is 6.25. The smallest absolute Gasteiger partial charge is 0.408 e. The number of carbonyl (C=O) groups excluding carboxylic acids is 1. The van der Waals surface area contributed by atoms with Crippen molar-refractivity contribution in [3.05, 3.63) is 28.9 Å². The number of carbonyl (C=O) groups is 1. The molecular formula is C16H18ClF3N4O2. The Bertz CT molecular complexity index is 821. The van der Waals surface area contributed by atoms with Gasteiger partial charge in [0, 0.05) is 23.9 Å². The van der Waals surface area contributed by atoms with Gasteiger partial charge in [-0.1, -0.05) is 11.6 Å². The highest BCUT2D eigenvalue weighted by Gasteiger charge is 2.36. The van der Waals surface area contributed by atoms with Gasteiger partial charge in [-0.05, 0) is 26.0 Å². The van der Waals surface area contributed by atoms with E-state index in [0.29, 0.717) is 17.8 Å². The molecule has 142 valence electrons. The fourth-order valence-electron chi connectivity index (χ4n) is 2.39. The first-order valence-electron chi connectivity index (χ1n) is 7.67. The number of nitrogens with two attached hydrogens (primary N) is 1. The fraction of sp³-hybridized carbons (Fsp3) is 0.375. The number of benzene rings is 1. The number of alkyl halides is 3. The average Bonchev–Trinajstić information content (AvgIpc) is 2.90. The molecule has 2 aromatic rings. The van der Waals surface area contributed by atoms with Crippen LogP contribution in [-0.2, 0) is 6.54 Å². The van der Waals surface area contributed by atoms with Crippen molar-refractivity contribution >= 4 is 23.2 Å². The number of nitrogens with one attached hydrogen (secondary N) is 1. The first-order chi connectivity index (χ1) is 12.1. The number of hydrogen-bond donors (Lipinski definition) is 2. The van der Waals surface area contributed by atoms with Gasteiger partial charge in [-0.15, -0.1) is 0 Å². The Morgan fingerprint density at radius 3 is 2.62 bits per heavy atom. The van der Waals surface area contributed by atoms with Gasteiger partial charge in [0.2, 0.25) is 0 Å². The van der Waals surface area contributed by atoms with Crippen LogP contribution < -0.4 is 15.8 Å². The molecule has 0 saturated heterocycles.